The highest BCUT2D eigenvalue weighted by atomic mass is 16.8. The number of Topliss-reactive ketones (excluding diaryl/α,β-unsaturated/α-hetero) is 1. The Kier molecular flexibility index (Phi) is 13.4. The van der Waals surface area contributed by atoms with Crippen molar-refractivity contribution in [3.05, 3.63) is 12.2 Å². The number of fused-ring (bicyclic) bond motifs is 1. The lowest BCUT2D eigenvalue weighted by atomic mass is 9.82. The van der Waals surface area contributed by atoms with E-state index < -0.39 is 97.1 Å². The summed E-state index contributed by atoms with van der Waals surface area (Å²) in [5.74, 6) is -1.81. The van der Waals surface area contributed by atoms with E-state index in [9.17, 15) is 24.6 Å². The molecule has 15 nitrogen and oxygen atoms in total. The molecular weight excluding hydrogens is 684 g/mol. The number of methoxy groups -OCH3 is 2. The summed E-state index contributed by atoms with van der Waals surface area (Å²) >= 11 is 0. The van der Waals surface area contributed by atoms with Gasteiger partial charge in [0.05, 0.1) is 37.1 Å². The van der Waals surface area contributed by atoms with Gasteiger partial charge in [0.25, 0.3) is 0 Å². The van der Waals surface area contributed by atoms with Gasteiger partial charge in [-0.3, -0.25) is 4.79 Å². The lowest BCUT2D eigenvalue weighted by Crippen LogP contribution is -2.62. The van der Waals surface area contributed by atoms with Gasteiger partial charge in [-0.1, -0.05) is 26.8 Å². The summed E-state index contributed by atoms with van der Waals surface area (Å²) in [7, 11) is 2.97. The molecule has 0 aromatic carbocycles. The van der Waals surface area contributed by atoms with Gasteiger partial charge in [-0.05, 0) is 46.5 Å². The smallest absolute Gasteiger partial charge is 0.459 e. The maximum absolute atomic E-state index is 13.4. The number of hydrogen-bond acceptors (Lipinski definition) is 15. The molecule has 18 atom stereocenters. The van der Waals surface area contributed by atoms with E-state index in [-0.39, 0.29) is 42.9 Å². The van der Waals surface area contributed by atoms with E-state index in [1.54, 1.807) is 33.8 Å². The fourth-order valence-electron chi connectivity index (χ4n) is 8.32. The number of carbonyl (C=O) groups excluding carboxylic acids is 3. The Balaban J connectivity index is 1.33. The first-order valence-corrected chi connectivity index (χ1v) is 18.6. The summed E-state index contributed by atoms with van der Waals surface area (Å²) in [5, 5.41) is 22.0. The van der Waals surface area contributed by atoms with Gasteiger partial charge in [-0.2, -0.15) is 0 Å². The van der Waals surface area contributed by atoms with Gasteiger partial charge in [0.2, 0.25) is 0 Å². The fraction of sp³-hybridized carbons (Fsp3) is 0.865. The molecule has 5 aliphatic rings. The molecule has 0 radical (unpaired) electrons. The van der Waals surface area contributed by atoms with Crippen LogP contribution in [0.15, 0.2) is 12.2 Å². The first kappa shape index (κ1) is 41.0. The van der Waals surface area contributed by atoms with Crippen LogP contribution >= 0.6 is 0 Å². The lowest BCUT2D eigenvalue weighted by Gasteiger charge is -2.46. The highest BCUT2D eigenvalue weighted by molar-refractivity contribution is 5.82. The number of cyclic esters (lactones) is 2. The second kappa shape index (κ2) is 17.1. The average Bonchev–Trinajstić information content (AvgIpc) is 3.79. The molecule has 0 bridgehead atoms. The SMILES string of the molecule is CO[C@@H]1[C@H](O)[C@@H](C)OC(OC[C@H]2[C@@H]3O[C@H]3CCC(=O)[C@H](C)C[C@H](C)[C@H](O[C@@H]3O[C@H](C)C[C@@]4(OC(=O)O[C@H]4C)[C@H]3O)[C@@H](C)/C=C/C(=O)O[C@@H]2C)[C@@H]1OC. The van der Waals surface area contributed by atoms with Crippen LogP contribution in [0.3, 0.4) is 0 Å². The normalized spacial score (nSPS) is 48.4. The molecule has 5 heterocycles. The van der Waals surface area contributed by atoms with Crippen LogP contribution in [0.1, 0.15) is 74.1 Å². The van der Waals surface area contributed by atoms with E-state index in [1.807, 2.05) is 20.8 Å². The van der Waals surface area contributed by atoms with Crippen molar-refractivity contribution in [3.63, 3.8) is 0 Å². The van der Waals surface area contributed by atoms with E-state index >= 15 is 0 Å². The molecule has 296 valence electrons. The van der Waals surface area contributed by atoms with Crippen LogP contribution in [-0.2, 0) is 57.0 Å². The highest BCUT2D eigenvalue weighted by Crippen LogP contribution is 2.43. The van der Waals surface area contributed by atoms with Crippen LogP contribution in [0.25, 0.3) is 0 Å². The number of ether oxygens (including phenoxy) is 10. The Morgan fingerprint density at radius 1 is 0.865 bits per heavy atom. The number of esters is 1. The monoisotopic (exact) mass is 742 g/mol. The summed E-state index contributed by atoms with van der Waals surface area (Å²) in [6.45, 7) is 12.8. The average molecular weight is 743 g/mol. The van der Waals surface area contributed by atoms with Gasteiger partial charge in [0.15, 0.2) is 18.2 Å². The number of aliphatic hydroxyl groups is 2. The first-order chi connectivity index (χ1) is 24.6. The molecule has 1 spiro atoms. The van der Waals surface area contributed by atoms with Crippen molar-refractivity contribution in [3.8, 4) is 0 Å². The quantitative estimate of drug-likeness (QED) is 0.286. The van der Waals surface area contributed by atoms with Gasteiger partial charge >= 0.3 is 12.1 Å². The van der Waals surface area contributed by atoms with Crippen LogP contribution < -0.4 is 0 Å². The predicted molar refractivity (Wildman–Crippen MR) is 181 cm³/mol. The summed E-state index contributed by atoms with van der Waals surface area (Å²) < 4.78 is 58.6. The third kappa shape index (κ3) is 8.84. The Bertz CT molecular complexity index is 1280. The lowest BCUT2D eigenvalue weighted by molar-refractivity contribution is -0.308. The molecule has 0 amide bonds. The summed E-state index contributed by atoms with van der Waals surface area (Å²) in [6.07, 6.45) is -5.57. The molecule has 52 heavy (non-hydrogen) atoms. The van der Waals surface area contributed by atoms with Crippen molar-refractivity contribution in [2.75, 3.05) is 20.8 Å². The molecule has 0 aliphatic carbocycles. The van der Waals surface area contributed by atoms with Crippen molar-refractivity contribution in [1.82, 2.24) is 0 Å². The van der Waals surface area contributed by atoms with Crippen LogP contribution in [0.4, 0.5) is 4.79 Å². The molecule has 5 aliphatic heterocycles. The van der Waals surface area contributed by atoms with Crippen molar-refractivity contribution in [1.29, 1.82) is 0 Å². The van der Waals surface area contributed by atoms with E-state index in [0.717, 1.165) is 0 Å². The number of epoxide rings is 1. The van der Waals surface area contributed by atoms with Crippen LogP contribution in [0.2, 0.25) is 0 Å². The molecule has 0 aromatic rings. The number of ketones is 1. The topological polar surface area (TPSA) is 187 Å². The van der Waals surface area contributed by atoms with Gasteiger partial charge in [0, 0.05) is 50.9 Å². The third-order valence-electron chi connectivity index (χ3n) is 11.5. The minimum Gasteiger partial charge on any atom is -0.459 e. The highest BCUT2D eigenvalue weighted by Gasteiger charge is 2.61. The molecule has 4 fully saturated rings. The maximum atomic E-state index is 13.4. The van der Waals surface area contributed by atoms with Crippen molar-refractivity contribution < 1.29 is 72.0 Å². The van der Waals surface area contributed by atoms with Crippen molar-refractivity contribution in [2.45, 2.75) is 159 Å². The molecule has 0 aromatic heterocycles. The van der Waals surface area contributed by atoms with Gasteiger partial charge < -0.3 is 57.6 Å². The minimum absolute atomic E-state index is 0.0832. The van der Waals surface area contributed by atoms with Gasteiger partial charge in [0.1, 0.15) is 42.4 Å². The summed E-state index contributed by atoms with van der Waals surface area (Å²) in [5.41, 5.74) is -1.34. The number of aliphatic hydroxyl groups excluding tert-OH is 2. The number of hydrogen-bond donors (Lipinski definition) is 2. The Morgan fingerprint density at radius 3 is 2.23 bits per heavy atom. The Morgan fingerprint density at radius 2 is 1.58 bits per heavy atom. The first-order valence-electron chi connectivity index (χ1n) is 18.6. The van der Waals surface area contributed by atoms with Crippen LogP contribution in [-0.4, -0.2) is 134 Å². The zero-order valence-corrected chi connectivity index (χ0v) is 31.7. The molecule has 15 heteroatoms. The molecule has 2 N–H and O–H groups in total. The third-order valence-corrected chi connectivity index (χ3v) is 11.5. The standard InChI is InChI=1S/C37H58O15/c1-17-10-13-27(39)47-21(5)24(16-45-34-32(44-9)31(43-8)28(40)22(6)48-34)30-26(50-30)12-11-25(38)18(2)14-19(3)29(17)51-35-33(41)37(15-20(4)46-35)23(7)49-36(42)52-37/h10,13,17-24,26,28-35,40-41H,11-12,14-16H2,1-9H3/b13-10+/t17-,18+,19-,20+,21+,22+,23-,24+,26-,28+,29+,30-,31+,32+,33-,34?,35-,37-/m0/s1. The zero-order valence-electron chi connectivity index (χ0n) is 31.7. The van der Waals surface area contributed by atoms with Gasteiger partial charge in [-0.25, -0.2) is 9.59 Å². The molecule has 5 rings (SSSR count). The van der Waals surface area contributed by atoms with E-state index in [0.29, 0.717) is 19.3 Å². The van der Waals surface area contributed by atoms with E-state index in [1.165, 1.54) is 20.3 Å². The Hall–Kier alpha value is -2.21. The van der Waals surface area contributed by atoms with Crippen LogP contribution in [0.5, 0.6) is 0 Å². The molecule has 1 unspecified atom stereocenters. The van der Waals surface area contributed by atoms with Crippen molar-refractivity contribution in [2.24, 2.45) is 23.7 Å². The molecular formula is C37H58O15. The minimum atomic E-state index is -1.35. The molecule has 0 saturated carbocycles. The van der Waals surface area contributed by atoms with E-state index in [2.05, 4.69) is 0 Å². The fourth-order valence-corrected chi connectivity index (χ4v) is 8.32. The Labute approximate surface area is 305 Å². The number of rotatable bonds is 7. The zero-order chi connectivity index (χ0) is 38.1. The number of carbonyl (C=O) groups is 3. The largest absolute Gasteiger partial charge is 0.509 e. The second-order valence-electron chi connectivity index (χ2n) is 15.3. The van der Waals surface area contributed by atoms with Gasteiger partial charge in [-0.15, -0.1) is 0 Å². The summed E-state index contributed by atoms with van der Waals surface area (Å²) in [6, 6.07) is 0. The maximum Gasteiger partial charge on any atom is 0.509 e. The van der Waals surface area contributed by atoms with Crippen LogP contribution in [0, 0.1) is 23.7 Å². The predicted octanol–water partition coefficient (Wildman–Crippen LogP) is 2.85. The second-order valence-corrected chi connectivity index (χ2v) is 15.3. The van der Waals surface area contributed by atoms with Crippen molar-refractivity contribution >= 4 is 17.9 Å². The summed E-state index contributed by atoms with van der Waals surface area (Å²) in [4.78, 5) is 38.8. The molecule has 4 saturated heterocycles. The van der Waals surface area contributed by atoms with E-state index in [4.69, 9.17) is 47.4 Å².